The third kappa shape index (κ3) is 2.89. The molecule has 0 unspecified atom stereocenters. The average Bonchev–Trinajstić information content (AvgIpc) is 2.27. The molecule has 0 heterocycles. The summed E-state index contributed by atoms with van der Waals surface area (Å²) in [6, 6.07) is 11.3. The number of carbonyl (C=O) groups excluding carboxylic acids is 2. The van der Waals surface area contributed by atoms with Crippen molar-refractivity contribution >= 4 is 44.5 Å². The molecule has 0 amide bonds. The first-order valence-electron chi connectivity index (χ1n) is 5.44. The second-order valence-corrected chi connectivity index (χ2v) is 4.84. The topological polar surface area (TPSA) is 34.1 Å². The lowest BCUT2D eigenvalue weighted by atomic mass is 9.96. The Bertz CT molecular complexity index is 569. The average molecular weight is 281 g/mol. The fraction of sp³-hybridized carbons (Fsp3) is 0.143. The molecule has 0 fully saturated rings. The molecule has 0 radical (unpaired) electrons. The summed E-state index contributed by atoms with van der Waals surface area (Å²) in [7, 11) is 0. The Kier molecular flexibility index (Phi) is 4.00. The molecule has 2 aromatic carbocycles. The summed E-state index contributed by atoms with van der Waals surface area (Å²) < 4.78 is 0. The molecule has 2 rings (SSSR count). The minimum Gasteiger partial charge on any atom is -0.281 e. The summed E-state index contributed by atoms with van der Waals surface area (Å²) in [6.45, 7) is 0. The first-order chi connectivity index (χ1) is 8.58. The minimum absolute atomic E-state index is 0.145. The van der Waals surface area contributed by atoms with Crippen LogP contribution in [0.5, 0.6) is 0 Å². The lowest BCUT2D eigenvalue weighted by Gasteiger charge is -2.09. The maximum absolute atomic E-state index is 11.1. The lowest BCUT2D eigenvalue weighted by Crippen LogP contribution is -2.00. The van der Waals surface area contributed by atoms with Gasteiger partial charge in [-0.2, -0.15) is 0 Å². The minimum atomic E-state index is -0.422. The highest BCUT2D eigenvalue weighted by Gasteiger charge is 2.10. The zero-order chi connectivity index (χ0) is 13.1. The molecule has 0 aliphatic rings. The van der Waals surface area contributed by atoms with Crippen molar-refractivity contribution in [2.45, 2.75) is 12.8 Å². The Labute approximate surface area is 115 Å². The number of fused-ring (bicyclic) bond motifs is 1. The van der Waals surface area contributed by atoms with Gasteiger partial charge in [0.05, 0.1) is 0 Å². The Morgan fingerprint density at radius 1 is 0.833 bits per heavy atom. The number of hydrogen-bond donors (Lipinski definition) is 0. The highest BCUT2D eigenvalue weighted by molar-refractivity contribution is 6.64. The van der Waals surface area contributed by atoms with Crippen LogP contribution in [0.25, 0.3) is 10.8 Å². The molecule has 0 bridgehead atoms. The Morgan fingerprint density at radius 2 is 1.28 bits per heavy atom. The predicted molar refractivity (Wildman–Crippen MR) is 73.1 cm³/mol. The molecule has 0 N–H and O–H groups in total. The molecular weight excluding hydrogens is 271 g/mol. The van der Waals surface area contributed by atoms with Crippen LogP contribution in [-0.4, -0.2) is 10.5 Å². The monoisotopic (exact) mass is 280 g/mol. The van der Waals surface area contributed by atoms with Crippen molar-refractivity contribution in [2.24, 2.45) is 0 Å². The normalized spacial score (nSPS) is 10.6. The molecule has 0 aromatic heterocycles. The maximum atomic E-state index is 11.1. The predicted octanol–water partition coefficient (Wildman–Crippen LogP) is 3.46. The third-order valence-electron chi connectivity index (χ3n) is 2.74. The van der Waals surface area contributed by atoms with E-state index in [2.05, 4.69) is 0 Å². The number of carbonyl (C=O) groups is 2. The van der Waals surface area contributed by atoms with Crippen LogP contribution in [-0.2, 0) is 22.4 Å². The Hall–Kier alpha value is -1.38. The van der Waals surface area contributed by atoms with Crippen LogP contribution in [0.2, 0.25) is 0 Å². The van der Waals surface area contributed by atoms with Gasteiger partial charge in [-0.1, -0.05) is 36.4 Å². The molecule has 0 atom stereocenters. The first-order valence-corrected chi connectivity index (χ1v) is 6.19. The summed E-state index contributed by atoms with van der Waals surface area (Å²) in [5.41, 5.74) is 1.64. The van der Waals surface area contributed by atoms with Crippen molar-refractivity contribution in [3.05, 3.63) is 47.5 Å². The van der Waals surface area contributed by atoms with Gasteiger partial charge in [0.2, 0.25) is 10.5 Å². The summed E-state index contributed by atoms with van der Waals surface area (Å²) in [5, 5.41) is 1.02. The molecule has 4 heteroatoms. The second kappa shape index (κ2) is 5.51. The molecule has 0 saturated heterocycles. The summed E-state index contributed by atoms with van der Waals surface area (Å²) in [5.74, 6) is 0. The Morgan fingerprint density at radius 3 is 1.67 bits per heavy atom. The zero-order valence-electron chi connectivity index (χ0n) is 9.45. The lowest BCUT2D eigenvalue weighted by molar-refractivity contribution is -0.111. The number of hydrogen-bond acceptors (Lipinski definition) is 2. The summed E-state index contributed by atoms with van der Waals surface area (Å²) >= 11 is 10.9. The first kappa shape index (κ1) is 13.1. The molecule has 0 spiro atoms. The van der Waals surface area contributed by atoms with E-state index in [0.29, 0.717) is 0 Å². The van der Waals surface area contributed by atoms with E-state index < -0.39 is 10.5 Å². The largest absolute Gasteiger partial charge is 0.281 e. The highest BCUT2D eigenvalue weighted by Crippen LogP contribution is 2.25. The van der Waals surface area contributed by atoms with E-state index in [1.807, 2.05) is 36.4 Å². The standard InChI is InChI=1S/C14H10Cl2O2/c15-12(17)7-10-5-1-3-9-4-2-6-11(14(9)10)8-13(16)18/h1-6H,7-8H2. The van der Waals surface area contributed by atoms with Crippen molar-refractivity contribution in [1.29, 1.82) is 0 Å². The molecule has 92 valence electrons. The van der Waals surface area contributed by atoms with Crippen LogP contribution in [0.15, 0.2) is 36.4 Å². The SMILES string of the molecule is O=C(Cl)Cc1cccc2cccc(CC(=O)Cl)c12. The molecule has 0 aliphatic carbocycles. The van der Waals surface area contributed by atoms with Gasteiger partial charge in [0, 0.05) is 12.8 Å². The van der Waals surface area contributed by atoms with Gasteiger partial charge < -0.3 is 0 Å². The van der Waals surface area contributed by atoms with Crippen LogP contribution < -0.4 is 0 Å². The van der Waals surface area contributed by atoms with E-state index in [0.717, 1.165) is 21.9 Å². The van der Waals surface area contributed by atoms with Crippen LogP contribution in [0.4, 0.5) is 0 Å². The van der Waals surface area contributed by atoms with E-state index in [1.165, 1.54) is 0 Å². The van der Waals surface area contributed by atoms with Crippen molar-refractivity contribution in [3.8, 4) is 0 Å². The van der Waals surface area contributed by atoms with E-state index in [9.17, 15) is 9.59 Å². The maximum Gasteiger partial charge on any atom is 0.226 e. The van der Waals surface area contributed by atoms with Crippen LogP contribution in [0.3, 0.4) is 0 Å². The van der Waals surface area contributed by atoms with Crippen LogP contribution in [0, 0.1) is 0 Å². The van der Waals surface area contributed by atoms with Gasteiger partial charge in [-0.3, -0.25) is 9.59 Å². The number of benzene rings is 2. The number of halogens is 2. The fourth-order valence-corrected chi connectivity index (χ4v) is 2.38. The fourth-order valence-electron chi connectivity index (χ4n) is 2.10. The van der Waals surface area contributed by atoms with Gasteiger partial charge in [-0.25, -0.2) is 0 Å². The Balaban J connectivity index is 2.63. The van der Waals surface area contributed by atoms with E-state index in [-0.39, 0.29) is 12.8 Å². The molecule has 18 heavy (non-hydrogen) atoms. The molecule has 0 saturated carbocycles. The van der Waals surface area contributed by atoms with Crippen LogP contribution in [0.1, 0.15) is 11.1 Å². The van der Waals surface area contributed by atoms with Gasteiger partial charge in [0.25, 0.3) is 0 Å². The smallest absolute Gasteiger partial charge is 0.226 e. The van der Waals surface area contributed by atoms with Crippen molar-refractivity contribution < 1.29 is 9.59 Å². The van der Waals surface area contributed by atoms with Gasteiger partial charge in [0.15, 0.2) is 0 Å². The zero-order valence-corrected chi connectivity index (χ0v) is 11.0. The molecule has 2 nitrogen and oxygen atoms in total. The second-order valence-electron chi connectivity index (χ2n) is 4.00. The van der Waals surface area contributed by atoms with Gasteiger partial charge in [-0.05, 0) is 45.1 Å². The third-order valence-corrected chi connectivity index (χ3v) is 3.00. The van der Waals surface area contributed by atoms with E-state index >= 15 is 0 Å². The van der Waals surface area contributed by atoms with E-state index in [1.54, 1.807) is 0 Å². The van der Waals surface area contributed by atoms with Crippen molar-refractivity contribution in [2.75, 3.05) is 0 Å². The van der Waals surface area contributed by atoms with Gasteiger partial charge >= 0.3 is 0 Å². The van der Waals surface area contributed by atoms with E-state index in [4.69, 9.17) is 23.2 Å². The summed E-state index contributed by atoms with van der Waals surface area (Å²) in [4.78, 5) is 22.1. The molecular formula is C14H10Cl2O2. The van der Waals surface area contributed by atoms with Crippen molar-refractivity contribution in [3.63, 3.8) is 0 Å². The van der Waals surface area contributed by atoms with Gasteiger partial charge in [-0.15, -0.1) is 0 Å². The molecule has 2 aromatic rings. The molecule has 0 aliphatic heterocycles. The van der Waals surface area contributed by atoms with Crippen molar-refractivity contribution in [1.82, 2.24) is 0 Å². The summed E-state index contributed by atoms with van der Waals surface area (Å²) in [6.07, 6.45) is 0.290. The van der Waals surface area contributed by atoms with Gasteiger partial charge in [0.1, 0.15) is 0 Å². The number of rotatable bonds is 4. The highest BCUT2D eigenvalue weighted by atomic mass is 35.5. The van der Waals surface area contributed by atoms with Crippen LogP contribution >= 0.6 is 23.2 Å². The quantitative estimate of drug-likeness (QED) is 0.804.